The maximum atomic E-state index is 15.6. The highest BCUT2D eigenvalue weighted by Crippen LogP contribution is 2.36. The van der Waals surface area contributed by atoms with Crippen molar-refractivity contribution in [2.24, 2.45) is 5.73 Å². The zero-order valence-electron chi connectivity index (χ0n) is 21.2. The number of rotatable bonds is 6. The largest absolute Gasteiger partial charge is 0.496 e. The maximum Gasteiger partial charge on any atom is 0.255 e. The van der Waals surface area contributed by atoms with E-state index < -0.39 is 5.82 Å². The Bertz CT molecular complexity index is 1440. The number of anilines is 1. The van der Waals surface area contributed by atoms with E-state index in [9.17, 15) is 4.79 Å². The molecule has 1 saturated carbocycles. The fourth-order valence-electron chi connectivity index (χ4n) is 4.90. The van der Waals surface area contributed by atoms with Crippen LogP contribution >= 0.6 is 0 Å². The molecule has 0 unspecified atom stereocenters. The fraction of sp³-hybridized carbons (Fsp3) is 0.321. The van der Waals surface area contributed by atoms with Gasteiger partial charge in [-0.1, -0.05) is 12.1 Å². The van der Waals surface area contributed by atoms with Gasteiger partial charge in [-0.25, -0.2) is 9.37 Å². The number of amides is 1. The van der Waals surface area contributed by atoms with Gasteiger partial charge in [-0.15, -0.1) is 0 Å². The van der Waals surface area contributed by atoms with Crippen LogP contribution in [0.1, 0.15) is 36.0 Å². The molecular formula is C28H31FN6O2. The van der Waals surface area contributed by atoms with E-state index in [0.29, 0.717) is 28.2 Å². The standard InChI is InChI=1S/C28H31FN6O2/c1-35(2)28(36)22-12-16(14-23(29)26(22)32-19-10-8-18(30)9-11-19)17-13-21-25(33-34-27(21)31-15-17)20-6-4-5-7-24(20)37-3/h4-7,12-15,18-19,32H,8-11,30H2,1-3H3,(H,31,33,34). The van der Waals surface area contributed by atoms with Gasteiger partial charge >= 0.3 is 0 Å². The van der Waals surface area contributed by atoms with Crippen molar-refractivity contribution in [1.82, 2.24) is 20.1 Å². The lowest BCUT2D eigenvalue weighted by Gasteiger charge is -2.29. The van der Waals surface area contributed by atoms with Crippen LogP contribution in [0.25, 0.3) is 33.4 Å². The number of para-hydroxylation sites is 1. The van der Waals surface area contributed by atoms with Gasteiger partial charge in [-0.2, -0.15) is 5.10 Å². The number of nitrogens with two attached hydrogens (primary N) is 1. The molecular weight excluding hydrogens is 471 g/mol. The molecule has 0 saturated heterocycles. The highest BCUT2D eigenvalue weighted by atomic mass is 19.1. The molecule has 0 atom stereocenters. The second-order valence-electron chi connectivity index (χ2n) is 9.73. The summed E-state index contributed by atoms with van der Waals surface area (Å²) in [6.45, 7) is 0. The first-order valence-corrected chi connectivity index (χ1v) is 12.4. The Morgan fingerprint density at radius 2 is 1.89 bits per heavy atom. The maximum absolute atomic E-state index is 15.6. The molecule has 2 aromatic carbocycles. The quantitative estimate of drug-likeness (QED) is 0.349. The van der Waals surface area contributed by atoms with Crippen LogP contribution in [0.2, 0.25) is 0 Å². The summed E-state index contributed by atoms with van der Waals surface area (Å²) in [5, 5.41) is 11.5. The lowest BCUT2D eigenvalue weighted by Crippen LogP contribution is -2.34. The average Bonchev–Trinajstić information content (AvgIpc) is 3.33. The number of H-pyrrole nitrogens is 1. The molecule has 37 heavy (non-hydrogen) atoms. The number of hydrogen-bond acceptors (Lipinski definition) is 6. The first-order valence-electron chi connectivity index (χ1n) is 12.4. The molecule has 8 nitrogen and oxygen atoms in total. The van der Waals surface area contributed by atoms with Gasteiger partial charge in [-0.3, -0.25) is 9.89 Å². The van der Waals surface area contributed by atoms with E-state index in [1.165, 1.54) is 11.0 Å². The van der Waals surface area contributed by atoms with Gasteiger partial charge in [0, 0.05) is 48.9 Å². The Morgan fingerprint density at radius 3 is 2.62 bits per heavy atom. The molecule has 1 aliphatic carbocycles. The van der Waals surface area contributed by atoms with E-state index in [1.807, 2.05) is 30.3 Å². The van der Waals surface area contributed by atoms with E-state index in [-0.39, 0.29) is 29.2 Å². The van der Waals surface area contributed by atoms with E-state index in [1.54, 1.807) is 33.5 Å². The van der Waals surface area contributed by atoms with Crippen molar-refractivity contribution in [2.45, 2.75) is 37.8 Å². The van der Waals surface area contributed by atoms with E-state index >= 15 is 4.39 Å². The van der Waals surface area contributed by atoms with Crippen molar-refractivity contribution in [3.63, 3.8) is 0 Å². The molecule has 1 fully saturated rings. The molecule has 0 spiro atoms. The number of nitrogens with one attached hydrogen (secondary N) is 2. The number of fused-ring (bicyclic) bond motifs is 1. The molecule has 192 valence electrons. The number of pyridine rings is 1. The molecule has 9 heteroatoms. The highest BCUT2D eigenvalue weighted by Gasteiger charge is 2.25. The first kappa shape index (κ1) is 24.7. The van der Waals surface area contributed by atoms with Crippen LogP contribution in [-0.4, -0.2) is 59.3 Å². The third kappa shape index (κ3) is 4.86. The molecule has 0 aliphatic heterocycles. The number of aromatic nitrogens is 3. The van der Waals surface area contributed by atoms with Gasteiger partial charge in [0.05, 0.1) is 18.4 Å². The Morgan fingerprint density at radius 1 is 1.14 bits per heavy atom. The summed E-state index contributed by atoms with van der Waals surface area (Å²) in [6, 6.07) is 12.9. The second-order valence-corrected chi connectivity index (χ2v) is 9.73. The normalized spacial score (nSPS) is 17.5. The number of carbonyl (C=O) groups is 1. The lowest BCUT2D eigenvalue weighted by atomic mass is 9.91. The molecule has 2 heterocycles. The summed E-state index contributed by atoms with van der Waals surface area (Å²) in [6.07, 6.45) is 5.08. The van der Waals surface area contributed by atoms with Gasteiger partial charge in [0.1, 0.15) is 17.3 Å². The summed E-state index contributed by atoms with van der Waals surface area (Å²) < 4.78 is 21.1. The zero-order chi connectivity index (χ0) is 26.1. The van der Waals surface area contributed by atoms with Crippen LogP contribution in [0.4, 0.5) is 10.1 Å². The molecule has 4 N–H and O–H groups in total. The molecule has 1 aliphatic rings. The zero-order valence-corrected chi connectivity index (χ0v) is 21.2. The topological polar surface area (TPSA) is 109 Å². The Hall–Kier alpha value is -3.98. The molecule has 1 amide bonds. The summed E-state index contributed by atoms with van der Waals surface area (Å²) in [5.74, 6) is -0.0667. The van der Waals surface area contributed by atoms with Crippen molar-refractivity contribution in [1.29, 1.82) is 0 Å². The third-order valence-corrected chi connectivity index (χ3v) is 6.96. The number of hydrogen-bond donors (Lipinski definition) is 3. The molecule has 2 aromatic heterocycles. The van der Waals surface area contributed by atoms with E-state index in [2.05, 4.69) is 20.5 Å². The number of nitrogens with zero attached hydrogens (tertiary/aromatic N) is 3. The van der Waals surface area contributed by atoms with E-state index in [0.717, 1.165) is 36.6 Å². The smallest absolute Gasteiger partial charge is 0.255 e. The molecule has 0 bridgehead atoms. The summed E-state index contributed by atoms with van der Waals surface area (Å²) in [4.78, 5) is 19.1. The molecule has 5 rings (SSSR count). The Kier molecular flexibility index (Phi) is 6.80. The van der Waals surface area contributed by atoms with Crippen molar-refractivity contribution in [3.8, 4) is 28.1 Å². The number of carbonyl (C=O) groups excluding carboxylic acids is 1. The van der Waals surface area contributed by atoms with Gasteiger partial charge < -0.3 is 20.7 Å². The number of methoxy groups -OCH3 is 1. The van der Waals surface area contributed by atoms with E-state index in [4.69, 9.17) is 10.5 Å². The summed E-state index contributed by atoms with van der Waals surface area (Å²) >= 11 is 0. The number of ether oxygens (including phenoxy) is 1. The third-order valence-electron chi connectivity index (χ3n) is 6.96. The number of halogens is 1. The van der Waals surface area contributed by atoms with Crippen molar-refractivity contribution < 1.29 is 13.9 Å². The Labute approximate surface area is 215 Å². The molecule has 0 radical (unpaired) electrons. The van der Waals surface area contributed by atoms with Crippen LogP contribution in [0.5, 0.6) is 5.75 Å². The van der Waals surface area contributed by atoms with Gasteiger partial charge in [-0.05, 0) is 61.6 Å². The van der Waals surface area contributed by atoms with Crippen LogP contribution in [0, 0.1) is 5.82 Å². The fourth-order valence-corrected chi connectivity index (χ4v) is 4.90. The minimum atomic E-state index is -0.477. The predicted molar refractivity (Wildman–Crippen MR) is 143 cm³/mol. The number of benzene rings is 2. The van der Waals surface area contributed by atoms with Gasteiger partial charge in [0.15, 0.2) is 5.65 Å². The van der Waals surface area contributed by atoms with Gasteiger partial charge in [0.2, 0.25) is 0 Å². The average molecular weight is 503 g/mol. The van der Waals surface area contributed by atoms with Crippen LogP contribution in [0.15, 0.2) is 48.7 Å². The predicted octanol–water partition coefficient (Wildman–Crippen LogP) is 4.82. The summed E-state index contributed by atoms with van der Waals surface area (Å²) in [7, 11) is 4.94. The first-order chi connectivity index (χ1) is 17.9. The minimum Gasteiger partial charge on any atom is -0.496 e. The van der Waals surface area contributed by atoms with Gasteiger partial charge in [0.25, 0.3) is 5.91 Å². The molecule has 4 aromatic rings. The van der Waals surface area contributed by atoms with Crippen molar-refractivity contribution >= 4 is 22.6 Å². The summed E-state index contributed by atoms with van der Waals surface area (Å²) in [5.41, 5.74) is 9.88. The van der Waals surface area contributed by atoms with Crippen LogP contribution in [0.3, 0.4) is 0 Å². The van der Waals surface area contributed by atoms with Crippen LogP contribution < -0.4 is 15.8 Å². The second kappa shape index (κ2) is 10.2. The SMILES string of the molecule is COc1ccccc1-c1n[nH]c2ncc(-c3cc(F)c(NC4CCC(N)CC4)c(C(=O)N(C)C)c3)cc12. The number of aromatic amines is 1. The van der Waals surface area contributed by atoms with Crippen molar-refractivity contribution in [2.75, 3.05) is 26.5 Å². The lowest BCUT2D eigenvalue weighted by molar-refractivity contribution is 0.0828. The monoisotopic (exact) mass is 502 g/mol. The van der Waals surface area contributed by atoms with Crippen LogP contribution in [-0.2, 0) is 0 Å². The Balaban J connectivity index is 1.58. The minimum absolute atomic E-state index is 0.0706. The highest BCUT2D eigenvalue weighted by molar-refractivity contribution is 6.01. The van der Waals surface area contributed by atoms with Crippen molar-refractivity contribution in [3.05, 3.63) is 60.0 Å².